The molecule has 2 aromatic rings. The van der Waals surface area contributed by atoms with Gasteiger partial charge in [0.1, 0.15) is 0 Å². The molecule has 0 spiro atoms. The van der Waals surface area contributed by atoms with Gasteiger partial charge in [0.2, 0.25) is 0 Å². The highest BCUT2D eigenvalue weighted by Crippen LogP contribution is 2.23. The topological polar surface area (TPSA) is 54.7 Å². The Hall–Kier alpha value is -1.35. The summed E-state index contributed by atoms with van der Waals surface area (Å²) < 4.78 is 0. The SMILES string of the molecule is CC[C@@H](N)c1c[nH]c2ccncc12. The third-order valence-electron chi connectivity index (χ3n) is 2.35. The molecule has 0 unspecified atom stereocenters. The van der Waals surface area contributed by atoms with Crippen molar-refractivity contribution in [3.8, 4) is 0 Å². The van der Waals surface area contributed by atoms with Crippen LogP contribution >= 0.6 is 0 Å². The lowest BCUT2D eigenvalue weighted by Gasteiger charge is -2.05. The van der Waals surface area contributed by atoms with E-state index in [0.29, 0.717) is 0 Å². The van der Waals surface area contributed by atoms with E-state index in [9.17, 15) is 0 Å². The maximum Gasteiger partial charge on any atom is 0.0488 e. The third kappa shape index (κ3) is 1.31. The molecule has 68 valence electrons. The normalized spacial score (nSPS) is 13.4. The first-order chi connectivity index (χ1) is 6.33. The fourth-order valence-corrected chi connectivity index (χ4v) is 1.51. The van der Waals surface area contributed by atoms with Gasteiger partial charge >= 0.3 is 0 Å². The van der Waals surface area contributed by atoms with Crippen molar-refractivity contribution in [1.29, 1.82) is 0 Å². The van der Waals surface area contributed by atoms with Crippen LogP contribution in [0.3, 0.4) is 0 Å². The van der Waals surface area contributed by atoms with E-state index in [0.717, 1.165) is 22.9 Å². The van der Waals surface area contributed by atoms with Gasteiger partial charge in [-0.25, -0.2) is 0 Å². The Labute approximate surface area is 77.0 Å². The number of nitrogens with one attached hydrogen (secondary N) is 1. The first-order valence-electron chi connectivity index (χ1n) is 4.49. The minimum atomic E-state index is 0.109. The van der Waals surface area contributed by atoms with Gasteiger partial charge in [0.05, 0.1) is 0 Å². The zero-order valence-corrected chi connectivity index (χ0v) is 7.62. The summed E-state index contributed by atoms with van der Waals surface area (Å²) >= 11 is 0. The van der Waals surface area contributed by atoms with Crippen molar-refractivity contribution in [3.05, 3.63) is 30.2 Å². The van der Waals surface area contributed by atoms with Gasteiger partial charge in [0, 0.05) is 35.5 Å². The molecule has 0 saturated carbocycles. The molecular weight excluding hydrogens is 162 g/mol. The molecule has 3 nitrogen and oxygen atoms in total. The highest BCUT2D eigenvalue weighted by molar-refractivity contribution is 5.82. The number of nitrogens with zero attached hydrogens (tertiary/aromatic N) is 1. The molecule has 0 bridgehead atoms. The Bertz CT molecular complexity index is 405. The highest BCUT2D eigenvalue weighted by Gasteiger charge is 2.08. The standard InChI is InChI=1S/C10H13N3/c1-2-9(11)7-6-13-10-3-4-12-5-8(7)10/h3-6,9,13H,2,11H2,1H3/t9-/m1/s1. The lowest BCUT2D eigenvalue weighted by molar-refractivity contribution is 0.704. The predicted molar refractivity (Wildman–Crippen MR) is 53.3 cm³/mol. The number of hydrogen-bond donors (Lipinski definition) is 2. The van der Waals surface area contributed by atoms with Crippen LogP contribution in [0.15, 0.2) is 24.7 Å². The van der Waals surface area contributed by atoms with Gasteiger partial charge in [-0.1, -0.05) is 6.92 Å². The van der Waals surface area contributed by atoms with Crippen LogP contribution in [0.1, 0.15) is 24.9 Å². The summed E-state index contributed by atoms with van der Waals surface area (Å²) in [4.78, 5) is 7.27. The second-order valence-electron chi connectivity index (χ2n) is 3.18. The molecule has 0 aliphatic carbocycles. The highest BCUT2D eigenvalue weighted by atomic mass is 14.7. The van der Waals surface area contributed by atoms with Crippen LogP contribution in [0, 0.1) is 0 Å². The maximum absolute atomic E-state index is 5.96. The van der Waals surface area contributed by atoms with Crippen LogP contribution in [0.2, 0.25) is 0 Å². The number of aromatic amines is 1. The average Bonchev–Trinajstić information content (AvgIpc) is 2.60. The molecule has 0 aliphatic rings. The van der Waals surface area contributed by atoms with Crippen LogP contribution in [0.4, 0.5) is 0 Å². The summed E-state index contributed by atoms with van der Waals surface area (Å²) in [6, 6.07) is 2.07. The predicted octanol–water partition coefficient (Wildman–Crippen LogP) is 1.97. The molecule has 0 fully saturated rings. The van der Waals surface area contributed by atoms with Crippen LogP contribution in [0.25, 0.3) is 10.9 Å². The minimum absolute atomic E-state index is 0.109. The van der Waals surface area contributed by atoms with Crippen LogP contribution in [-0.4, -0.2) is 9.97 Å². The summed E-state index contributed by atoms with van der Waals surface area (Å²) in [7, 11) is 0. The molecule has 0 aliphatic heterocycles. The summed E-state index contributed by atoms with van der Waals surface area (Å²) in [5, 5.41) is 1.14. The molecule has 1 atom stereocenters. The zero-order valence-electron chi connectivity index (χ0n) is 7.62. The fraction of sp³-hybridized carbons (Fsp3) is 0.300. The lowest BCUT2D eigenvalue weighted by Crippen LogP contribution is -2.07. The van der Waals surface area contributed by atoms with Gasteiger partial charge in [-0.2, -0.15) is 0 Å². The third-order valence-corrected chi connectivity index (χ3v) is 2.35. The van der Waals surface area contributed by atoms with Crippen LogP contribution in [-0.2, 0) is 0 Å². The maximum atomic E-state index is 5.96. The van der Waals surface area contributed by atoms with E-state index in [4.69, 9.17) is 5.73 Å². The van der Waals surface area contributed by atoms with Gasteiger partial charge < -0.3 is 10.7 Å². The van der Waals surface area contributed by atoms with Gasteiger partial charge in [-0.05, 0) is 18.1 Å². The number of H-pyrrole nitrogens is 1. The van der Waals surface area contributed by atoms with E-state index in [2.05, 4.69) is 16.9 Å². The Morgan fingerprint density at radius 3 is 3.23 bits per heavy atom. The molecule has 2 rings (SSSR count). The second kappa shape index (κ2) is 3.18. The van der Waals surface area contributed by atoms with Crippen molar-refractivity contribution < 1.29 is 0 Å². The number of nitrogens with two attached hydrogens (primary N) is 1. The fourth-order valence-electron chi connectivity index (χ4n) is 1.51. The molecule has 3 heteroatoms. The molecule has 2 heterocycles. The summed E-state index contributed by atoms with van der Waals surface area (Å²) in [6.45, 7) is 2.08. The first-order valence-corrected chi connectivity index (χ1v) is 4.49. The molecule has 0 saturated heterocycles. The van der Waals surface area contributed by atoms with E-state index in [1.165, 1.54) is 0 Å². The Morgan fingerprint density at radius 1 is 1.62 bits per heavy atom. The Morgan fingerprint density at radius 2 is 2.46 bits per heavy atom. The first kappa shape index (κ1) is 8.26. The smallest absolute Gasteiger partial charge is 0.0488 e. The number of rotatable bonds is 2. The van der Waals surface area contributed by atoms with Crippen molar-refractivity contribution in [2.24, 2.45) is 5.73 Å². The number of hydrogen-bond acceptors (Lipinski definition) is 2. The second-order valence-corrected chi connectivity index (χ2v) is 3.18. The summed E-state index contributed by atoms with van der Waals surface area (Å²) in [6.07, 6.45) is 6.55. The van der Waals surface area contributed by atoms with E-state index in [-0.39, 0.29) is 6.04 Å². The van der Waals surface area contributed by atoms with E-state index in [1.807, 2.05) is 18.5 Å². The molecule has 0 radical (unpaired) electrons. The Balaban J connectivity index is 2.57. The lowest BCUT2D eigenvalue weighted by atomic mass is 10.1. The van der Waals surface area contributed by atoms with E-state index in [1.54, 1.807) is 6.20 Å². The van der Waals surface area contributed by atoms with Gasteiger partial charge in [0.15, 0.2) is 0 Å². The molecule has 2 aromatic heterocycles. The van der Waals surface area contributed by atoms with Gasteiger partial charge in [-0.3, -0.25) is 4.98 Å². The summed E-state index contributed by atoms with van der Waals surface area (Å²) in [5.41, 5.74) is 8.22. The van der Waals surface area contributed by atoms with Gasteiger partial charge in [0.25, 0.3) is 0 Å². The molecule has 3 N–H and O–H groups in total. The van der Waals surface area contributed by atoms with Crippen LogP contribution < -0.4 is 5.73 Å². The summed E-state index contributed by atoms with van der Waals surface area (Å²) in [5.74, 6) is 0. The monoisotopic (exact) mass is 175 g/mol. The average molecular weight is 175 g/mol. The van der Waals surface area contributed by atoms with E-state index < -0.39 is 0 Å². The van der Waals surface area contributed by atoms with Crippen LogP contribution in [0.5, 0.6) is 0 Å². The van der Waals surface area contributed by atoms with E-state index >= 15 is 0 Å². The van der Waals surface area contributed by atoms with Crippen molar-refractivity contribution in [2.45, 2.75) is 19.4 Å². The zero-order chi connectivity index (χ0) is 9.26. The number of aromatic nitrogens is 2. The largest absolute Gasteiger partial charge is 0.361 e. The van der Waals surface area contributed by atoms with Crippen molar-refractivity contribution in [1.82, 2.24) is 9.97 Å². The number of fused-ring (bicyclic) bond motifs is 1. The van der Waals surface area contributed by atoms with Crippen molar-refractivity contribution in [2.75, 3.05) is 0 Å². The van der Waals surface area contributed by atoms with Crippen molar-refractivity contribution >= 4 is 10.9 Å². The number of pyridine rings is 1. The Kier molecular flexibility index (Phi) is 2.02. The molecule has 13 heavy (non-hydrogen) atoms. The molecule has 0 aromatic carbocycles. The quantitative estimate of drug-likeness (QED) is 0.733. The van der Waals surface area contributed by atoms with Gasteiger partial charge in [-0.15, -0.1) is 0 Å². The molecular formula is C10H13N3. The van der Waals surface area contributed by atoms with Crippen molar-refractivity contribution in [3.63, 3.8) is 0 Å². The minimum Gasteiger partial charge on any atom is -0.361 e. The molecule has 0 amide bonds.